The molecule has 0 fully saturated rings. The van der Waals surface area contributed by atoms with Crippen LogP contribution >= 0.6 is 0 Å². The first-order valence-electron chi connectivity index (χ1n) is 9.50. The second kappa shape index (κ2) is 9.64. The van der Waals surface area contributed by atoms with Crippen molar-refractivity contribution in [2.75, 3.05) is 20.3 Å². The summed E-state index contributed by atoms with van der Waals surface area (Å²) < 4.78 is 18.3. The van der Waals surface area contributed by atoms with E-state index in [-0.39, 0.29) is 6.10 Å². The number of ether oxygens (including phenoxy) is 3. The topological polar surface area (TPSA) is 114 Å². The predicted molar refractivity (Wildman–Crippen MR) is 112 cm³/mol. The van der Waals surface area contributed by atoms with Crippen LogP contribution in [0.4, 0.5) is 4.79 Å². The average Bonchev–Trinajstić information content (AvgIpc) is 3.14. The molecule has 0 saturated heterocycles. The largest absolute Gasteiger partial charge is 0.492 e. The van der Waals surface area contributed by atoms with Crippen molar-refractivity contribution in [1.82, 2.24) is 20.1 Å². The summed E-state index contributed by atoms with van der Waals surface area (Å²) in [4.78, 5) is 15.0. The van der Waals surface area contributed by atoms with Crippen molar-refractivity contribution >= 4 is 6.03 Å². The van der Waals surface area contributed by atoms with Gasteiger partial charge in [-0.05, 0) is 44.2 Å². The van der Waals surface area contributed by atoms with E-state index in [0.29, 0.717) is 30.7 Å². The van der Waals surface area contributed by atoms with Gasteiger partial charge in [0.25, 0.3) is 0 Å². The zero-order valence-electron chi connectivity index (χ0n) is 17.2. The van der Waals surface area contributed by atoms with Gasteiger partial charge in [-0.1, -0.05) is 0 Å². The molecule has 3 aromatic rings. The first kappa shape index (κ1) is 21.0. The summed E-state index contributed by atoms with van der Waals surface area (Å²) in [6.07, 6.45) is 1.69. The minimum absolute atomic E-state index is 0.0000183. The van der Waals surface area contributed by atoms with Crippen LogP contribution in [0, 0.1) is 0 Å². The molecule has 0 unspecified atom stereocenters. The number of carbonyl (C=O) groups is 1. The minimum atomic E-state index is -0.574. The fourth-order valence-corrected chi connectivity index (χ4v) is 2.74. The van der Waals surface area contributed by atoms with Gasteiger partial charge in [0.1, 0.15) is 12.4 Å². The monoisotopic (exact) mass is 411 g/mol. The van der Waals surface area contributed by atoms with Crippen molar-refractivity contribution in [1.29, 1.82) is 0 Å². The van der Waals surface area contributed by atoms with E-state index in [0.717, 1.165) is 16.9 Å². The van der Waals surface area contributed by atoms with E-state index in [1.165, 1.54) is 0 Å². The second-order valence-corrected chi connectivity index (χ2v) is 6.67. The van der Waals surface area contributed by atoms with E-state index >= 15 is 0 Å². The molecular formula is C21H25N5O4. The van der Waals surface area contributed by atoms with Gasteiger partial charge >= 0.3 is 6.03 Å². The van der Waals surface area contributed by atoms with E-state index in [1.54, 1.807) is 24.1 Å². The third kappa shape index (κ3) is 5.40. The number of nitrogens with zero attached hydrogens (tertiary/aromatic N) is 3. The lowest BCUT2D eigenvalue weighted by Crippen LogP contribution is -2.32. The number of pyridine rings is 1. The Kier molecular flexibility index (Phi) is 6.74. The summed E-state index contributed by atoms with van der Waals surface area (Å²) in [7, 11) is 1.57. The lowest BCUT2D eigenvalue weighted by Gasteiger charge is -2.09. The number of primary amides is 1. The van der Waals surface area contributed by atoms with E-state index < -0.39 is 6.03 Å². The van der Waals surface area contributed by atoms with Gasteiger partial charge in [-0.3, -0.25) is 0 Å². The molecule has 0 radical (unpaired) electrons. The van der Waals surface area contributed by atoms with Gasteiger partial charge in [0.05, 0.1) is 37.3 Å². The average molecular weight is 411 g/mol. The summed E-state index contributed by atoms with van der Waals surface area (Å²) in [6, 6.07) is 12.5. The van der Waals surface area contributed by atoms with Gasteiger partial charge in [-0.15, -0.1) is 5.10 Å². The molecule has 158 valence electrons. The Bertz CT molecular complexity index is 968. The Morgan fingerprint density at radius 2 is 1.93 bits per heavy atom. The normalized spacial score (nSPS) is 10.7. The van der Waals surface area contributed by atoms with Gasteiger partial charge in [-0.25, -0.2) is 14.5 Å². The number of methoxy groups -OCH3 is 1. The Morgan fingerprint density at radius 3 is 2.53 bits per heavy atom. The van der Waals surface area contributed by atoms with E-state index in [4.69, 9.17) is 19.9 Å². The number of urea groups is 1. The zero-order chi connectivity index (χ0) is 21.5. The number of hydrogen-bond donors (Lipinski definition) is 2. The molecule has 2 aromatic heterocycles. The highest BCUT2D eigenvalue weighted by Gasteiger charge is 2.14. The number of hydrogen-bond acceptors (Lipinski definition) is 6. The summed E-state index contributed by atoms with van der Waals surface area (Å²) >= 11 is 0. The SMILES string of the molecule is COc1ccc(-n2nc(OC(C)C)cc2-c2ccc(OCCNC(N)=O)cc2)cn1. The van der Waals surface area contributed by atoms with Crippen LogP contribution in [-0.2, 0) is 0 Å². The molecule has 0 spiro atoms. The van der Waals surface area contributed by atoms with E-state index in [1.807, 2.05) is 50.2 Å². The van der Waals surface area contributed by atoms with Crippen LogP contribution in [0.1, 0.15) is 13.8 Å². The second-order valence-electron chi connectivity index (χ2n) is 6.67. The molecule has 2 amide bonds. The van der Waals surface area contributed by atoms with E-state index in [2.05, 4.69) is 15.4 Å². The van der Waals surface area contributed by atoms with Crippen molar-refractivity contribution in [3.63, 3.8) is 0 Å². The van der Waals surface area contributed by atoms with Crippen molar-refractivity contribution in [2.24, 2.45) is 5.73 Å². The smallest absolute Gasteiger partial charge is 0.312 e. The molecule has 9 nitrogen and oxygen atoms in total. The molecule has 1 aromatic carbocycles. The van der Waals surface area contributed by atoms with Gasteiger partial charge < -0.3 is 25.3 Å². The first-order chi connectivity index (χ1) is 14.5. The van der Waals surface area contributed by atoms with Gasteiger partial charge in [0.15, 0.2) is 0 Å². The number of rotatable bonds is 9. The fourth-order valence-electron chi connectivity index (χ4n) is 2.74. The molecule has 30 heavy (non-hydrogen) atoms. The number of carbonyl (C=O) groups excluding carboxylic acids is 1. The molecule has 0 aliphatic heterocycles. The van der Waals surface area contributed by atoms with Gasteiger partial charge in [-0.2, -0.15) is 0 Å². The summed E-state index contributed by atoms with van der Waals surface area (Å²) in [5.74, 6) is 1.73. The van der Waals surface area contributed by atoms with Gasteiger partial charge in [0.2, 0.25) is 11.8 Å². The number of aromatic nitrogens is 3. The van der Waals surface area contributed by atoms with Crippen molar-refractivity contribution < 1.29 is 19.0 Å². The molecule has 0 saturated carbocycles. The first-order valence-corrected chi connectivity index (χ1v) is 9.50. The summed E-state index contributed by atoms with van der Waals surface area (Å²) in [6.45, 7) is 4.56. The predicted octanol–water partition coefficient (Wildman–Crippen LogP) is 2.78. The number of nitrogens with two attached hydrogens (primary N) is 1. The van der Waals surface area contributed by atoms with Crippen molar-refractivity contribution in [3.8, 4) is 34.5 Å². The molecule has 3 rings (SSSR count). The number of amides is 2. The molecule has 9 heteroatoms. The molecule has 0 bridgehead atoms. The lowest BCUT2D eigenvalue weighted by atomic mass is 10.1. The Hall–Kier alpha value is -3.75. The Morgan fingerprint density at radius 1 is 1.17 bits per heavy atom. The molecular weight excluding hydrogens is 386 g/mol. The Labute approximate surface area is 174 Å². The highest BCUT2D eigenvalue weighted by Crippen LogP contribution is 2.29. The Balaban J connectivity index is 1.84. The minimum Gasteiger partial charge on any atom is -0.492 e. The molecule has 2 heterocycles. The summed E-state index contributed by atoms with van der Waals surface area (Å²) in [5, 5.41) is 7.06. The van der Waals surface area contributed by atoms with Crippen LogP contribution in [0.5, 0.6) is 17.5 Å². The van der Waals surface area contributed by atoms with Crippen molar-refractivity contribution in [3.05, 3.63) is 48.7 Å². The van der Waals surface area contributed by atoms with Crippen LogP contribution in [0.2, 0.25) is 0 Å². The molecule has 3 N–H and O–H groups in total. The maximum absolute atomic E-state index is 10.7. The highest BCUT2D eigenvalue weighted by atomic mass is 16.5. The van der Waals surface area contributed by atoms with Crippen LogP contribution in [0.15, 0.2) is 48.7 Å². The summed E-state index contributed by atoms with van der Waals surface area (Å²) in [5.41, 5.74) is 7.59. The zero-order valence-corrected chi connectivity index (χ0v) is 17.2. The molecule has 0 aliphatic carbocycles. The van der Waals surface area contributed by atoms with Crippen LogP contribution in [-0.4, -0.2) is 47.2 Å². The lowest BCUT2D eigenvalue weighted by molar-refractivity contribution is 0.231. The van der Waals surface area contributed by atoms with Crippen LogP contribution in [0.3, 0.4) is 0 Å². The quantitative estimate of drug-likeness (QED) is 0.524. The maximum atomic E-state index is 10.7. The fraction of sp³-hybridized carbons (Fsp3) is 0.286. The van der Waals surface area contributed by atoms with Crippen LogP contribution in [0.25, 0.3) is 16.9 Å². The van der Waals surface area contributed by atoms with Gasteiger partial charge in [0, 0.05) is 17.7 Å². The molecule has 0 atom stereocenters. The van der Waals surface area contributed by atoms with Crippen LogP contribution < -0.4 is 25.3 Å². The number of benzene rings is 1. The molecule has 0 aliphatic rings. The maximum Gasteiger partial charge on any atom is 0.312 e. The third-order valence-corrected chi connectivity index (χ3v) is 4.04. The highest BCUT2D eigenvalue weighted by molar-refractivity contribution is 5.71. The number of nitrogens with one attached hydrogen (secondary N) is 1. The van der Waals surface area contributed by atoms with E-state index in [9.17, 15) is 4.79 Å². The standard InChI is InChI=1S/C21H25N5O4/c1-14(2)30-20-12-18(26(25-20)16-6-9-19(28-3)24-13-16)15-4-7-17(8-5-15)29-11-10-23-21(22)27/h4-9,12-14H,10-11H2,1-3H3,(H3,22,23,27). The van der Waals surface area contributed by atoms with Crippen molar-refractivity contribution in [2.45, 2.75) is 20.0 Å². The third-order valence-electron chi connectivity index (χ3n) is 4.04.